The van der Waals surface area contributed by atoms with Crippen molar-refractivity contribution in [1.29, 1.82) is 0 Å². The molecular weight excluding hydrogens is 420 g/mol. The van der Waals surface area contributed by atoms with E-state index >= 15 is 0 Å². The molecule has 0 spiro atoms. The maximum atomic E-state index is 12.2. The molecule has 33 heavy (non-hydrogen) atoms. The number of anilines is 1. The van der Waals surface area contributed by atoms with Crippen molar-refractivity contribution in [1.82, 2.24) is 4.98 Å². The fourth-order valence-electron chi connectivity index (χ4n) is 2.68. The molecule has 1 amide bonds. The van der Waals surface area contributed by atoms with Crippen LogP contribution in [0, 0.1) is 0 Å². The summed E-state index contributed by atoms with van der Waals surface area (Å²) in [6, 6.07) is 11.5. The highest BCUT2D eigenvalue weighted by atomic mass is 16.6. The highest BCUT2D eigenvalue weighted by molar-refractivity contribution is 5.87. The van der Waals surface area contributed by atoms with E-state index in [1.165, 1.54) is 4.90 Å². The van der Waals surface area contributed by atoms with Crippen molar-refractivity contribution in [3.63, 3.8) is 0 Å². The molecule has 1 heterocycles. The Morgan fingerprint density at radius 3 is 2.12 bits per heavy atom. The molecule has 1 aromatic heterocycles. The maximum Gasteiger partial charge on any atom is 0.414 e. The summed E-state index contributed by atoms with van der Waals surface area (Å²) in [6.07, 6.45) is 6.36. The lowest BCUT2D eigenvalue weighted by atomic mass is 10.1. The van der Waals surface area contributed by atoms with Crippen molar-refractivity contribution in [2.45, 2.75) is 39.7 Å². The first-order valence-corrected chi connectivity index (χ1v) is 11.3. The number of hydrogen-bond donors (Lipinski definition) is 0. The summed E-state index contributed by atoms with van der Waals surface area (Å²) in [5, 5.41) is 0. The zero-order valence-electron chi connectivity index (χ0n) is 20.4. The average molecular weight is 457 g/mol. The number of benzene rings is 1. The Kier molecular flexibility index (Phi) is 10.9. The van der Waals surface area contributed by atoms with Crippen LogP contribution in [0.2, 0.25) is 0 Å². The van der Waals surface area contributed by atoms with Crippen LogP contribution in [0.25, 0.3) is 12.2 Å². The lowest BCUT2D eigenvalue weighted by molar-refractivity contribution is 0.0361. The molecule has 0 radical (unpaired) electrons. The van der Waals surface area contributed by atoms with E-state index in [2.05, 4.69) is 11.9 Å². The molecule has 0 saturated heterocycles. The Hall–Kier alpha value is -2.90. The second-order valence-corrected chi connectivity index (χ2v) is 8.47. The fourth-order valence-corrected chi connectivity index (χ4v) is 2.68. The van der Waals surface area contributed by atoms with E-state index in [0.29, 0.717) is 32.3 Å². The Bertz CT molecular complexity index is 858. The standard InChI is InChI=1S/C26H36N2O5/c1-6-15-30-16-17-31-18-19-32-24-14-11-22(20-27-24)8-7-21-9-12-23(13-10-21)28(5)25(29)33-26(2,3)4/h7-14,20H,6,15-19H2,1-5H3/b8-7+. The van der Waals surface area contributed by atoms with Crippen molar-refractivity contribution >= 4 is 23.9 Å². The predicted octanol–water partition coefficient (Wildman–Crippen LogP) is 5.45. The predicted molar refractivity (Wildman–Crippen MR) is 132 cm³/mol. The van der Waals surface area contributed by atoms with Crippen molar-refractivity contribution in [2.75, 3.05) is 45.0 Å². The topological polar surface area (TPSA) is 70.1 Å². The number of aromatic nitrogens is 1. The third kappa shape index (κ3) is 10.5. The van der Waals surface area contributed by atoms with E-state index in [0.717, 1.165) is 29.8 Å². The monoisotopic (exact) mass is 456 g/mol. The van der Waals surface area contributed by atoms with Crippen molar-refractivity contribution in [3.05, 3.63) is 53.7 Å². The molecule has 180 valence electrons. The molecule has 1 aromatic carbocycles. The van der Waals surface area contributed by atoms with E-state index in [9.17, 15) is 4.79 Å². The number of rotatable bonds is 12. The number of amides is 1. The van der Waals surface area contributed by atoms with Gasteiger partial charge in [-0.2, -0.15) is 0 Å². The minimum absolute atomic E-state index is 0.383. The number of ether oxygens (including phenoxy) is 4. The number of nitrogens with zero attached hydrogens (tertiary/aromatic N) is 2. The van der Waals surface area contributed by atoms with Crippen LogP contribution in [0.4, 0.5) is 10.5 Å². The third-order valence-corrected chi connectivity index (χ3v) is 4.37. The SMILES string of the molecule is CCCOCCOCCOc1ccc(/C=C/c2ccc(N(C)C(=O)OC(C)(C)C)cc2)cn1. The number of carbonyl (C=O) groups excluding carboxylic acids is 1. The van der Waals surface area contributed by atoms with Gasteiger partial charge in [-0.1, -0.05) is 31.2 Å². The molecule has 0 aliphatic carbocycles. The lowest BCUT2D eigenvalue weighted by Crippen LogP contribution is -2.34. The summed E-state index contributed by atoms with van der Waals surface area (Å²) in [5.74, 6) is 0.563. The van der Waals surface area contributed by atoms with E-state index in [1.807, 2.05) is 69.3 Å². The molecule has 0 atom stereocenters. The van der Waals surface area contributed by atoms with Gasteiger partial charge < -0.3 is 18.9 Å². The molecule has 0 unspecified atom stereocenters. The van der Waals surface area contributed by atoms with Gasteiger partial charge in [0.05, 0.1) is 19.8 Å². The molecule has 0 aliphatic rings. The largest absolute Gasteiger partial charge is 0.475 e. The maximum absolute atomic E-state index is 12.2. The van der Waals surface area contributed by atoms with Crippen LogP contribution in [0.3, 0.4) is 0 Å². The summed E-state index contributed by atoms with van der Waals surface area (Å²) in [7, 11) is 1.70. The zero-order valence-corrected chi connectivity index (χ0v) is 20.4. The van der Waals surface area contributed by atoms with Crippen LogP contribution in [-0.2, 0) is 14.2 Å². The van der Waals surface area contributed by atoms with Gasteiger partial charge in [0.25, 0.3) is 0 Å². The second kappa shape index (κ2) is 13.6. The van der Waals surface area contributed by atoms with Crippen molar-refractivity contribution in [2.24, 2.45) is 0 Å². The molecule has 2 rings (SSSR count). The van der Waals surface area contributed by atoms with Gasteiger partial charge in [-0.05, 0) is 56.5 Å². The third-order valence-electron chi connectivity index (χ3n) is 4.37. The Labute approximate surface area is 197 Å². The van der Waals surface area contributed by atoms with Gasteiger partial charge in [-0.15, -0.1) is 0 Å². The van der Waals surface area contributed by atoms with Gasteiger partial charge in [-0.3, -0.25) is 4.90 Å². The van der Waals surface area contributed by atoms with Gasteiger partial charge in [0.1, 0.15) is 12.2 Å². The van der Waals surface area contributed by atoms with E-state index in [-0.39, 0.29) is 6.09 Å². The molecule has 2 aromatic rings. The molecule has 0 saturated carbocycles. The minimum Gasteiger partial charge on any atom is -0.475 e. The van der Waals surface area contributed by atoms with Gasteiger partial charge in [-0.25, -0.2) is 9.78 Å². The summed E-state index contributed by atoms with van der Waals surface area (Å²) in [5.41, 5.74) is 2.21. The second-order valence-electron chi connectivity index (χ2n) is 8.47. The number of carbonyl (C=O) groups is 1. The zero-order chi connectivity index (χ0) is 24.1. The van der Waals surface area contributed by atoms with Gasteiger partial charge in [0.15, 0.2) is 0 Å². The Morgan fingerprint density at radius 1 is 0.909 bits per heavy atom. The van der Waals surface area contributed by atoms with Crippen LogP contribution in [-0.4, -0.2) is 56.8 Å². The smallest absolute Gasteiger partial charge is 0.414 e. The fraction of sp³-hybridized carbons (Fsp3) is 0.462. The molecule has 7 heteroatoms. The summed E-state index contributed by atoms with van der Waals surface area (Å²) >= 11 is 0. The first-order chi connectivity index (χ1) is 15.8. The van der Waals surface area contributed by atoms with Crippen LogP contribution >= 0.6 is 0 Å². The van der Waals surface area contributed by atoms with Crippen LogP contribution in [0.5, 0.6) is 5.88 Å². The molecule has 0 bridgehead atoms. The van der Waals surface area contributed by atoms with Gasteiger partial charge in [0, 0.05) is 31.6 Å². The van der Waals surface area contributed by atoms with Gasteiger partial charge >= 0.3 is 6.09 Å². The van der Waals surface area contributed by atoms with Crippen molar-refractivity contribution < 1.29 is 23.7 Å². The van der Waals surface area contributed by atoms with E-state index in [4.69, 9.17) is 18.9 Å². The van der Waals surface area contributed by atoms with Crippen LogP contribution < -0.4 is 9.64 Å². The van der Waals surface area contributed by atoms with Crippen LogP contribution in [0.1, 0.15) is 45.2 Å². The van der Waals surface area contributed by atoms with Gasteiger partial charge in [0.2, 0.25) is 5.88 Å². The molecular formula is C26H36N2O5. The molecule has 0 fully saturated rings. The normalized spacial score (nSPS) is 11.5. The Balaban J connectivity index is 1.77. The average Bonchev–Trinajstić information content (AvgIpc) is 2.79. The summed E-state index contributed by atoms with van der Waals surface area (Å²) < 4.78 is 21.8. The van der Waals surface area contributed by atoms with E-state index < -0.39 is 5.60 Å². The van der Waals surface area contributed by atoms with Crippen molar-refractivity contribution in [3.8, 4) is 5.88 Å². The minimum atomic E-state index is -0.528. The molecule has 7 nitrogen and oxygen atoms in total. The van der Waals surface area contributed by atoms with E-state index in [1.54, 1.807) is 13.2 Å². The first kappa shape index (κ1) is 26.4. The molecule has 0 aliphatic heterocycles. The first-order valence-electron chi connectivity index (χ1n) is 11.3. The van der Waals surface area contributed by atoms with Crippen LogP contribution in [0.15, 0.2) is 42.6 Å². The summed E-state index contributed by atoms with van der Waals surface area (Å²) in [6.45, 7) is 10.5. The summed E-state index contributed by atoms with van der Waals surface area (Å²) in [4.78, 5) is 18.0. The Morgan fingerprint density at radius 2 is 1.52 bits per heavy atom. The highest BCUT2D eigenvalue weighted by Gasteiger charge is 2.20. The highest BCUT2D eigenvalue weighted by Crippen LogP contribution is 2.19. The number of hydrogen-bond acceptors (Lipinski definition) is 6. The quantitative estimate of drug-likeness (QED) is 0.396. The lowest BCUT2D eigenvalue weighted by Gasteiger charge is -2.24. The molecule has 0 N–H and O–H groups in total. The number of pyridine rings is 1.